The van der Waals surface area contributed by atoms with E-state index in [0.717, 1.165) is 25.0 Å². The highest BCUT2D eigenvalue weighted by atomic mass is 16.5. The number of nitriles is 1. The quantitative estimate of drug-likeness (QED) is 0.550. The van der Waals surface area contributed by atoms with Crippen molar-refractivity contribution in [3.8, 4) is 17.6 Å². The van der Waals surface area contributed by atoms with Crippen LogP contribution in [0.15, 0.2) is 54.1 Å². The van der Waals surface area contributed by atoms with E-state index in [2.05, 4.69) is 5.32 Å². The summed E-state index contributed by atoms with van der Waals surface area (Å²) in [4.78, 5) is 12.3. The van der Waals surface area contributed by atoms with Gasteiger partial charge in [0, 0.05) is 13.2 Å². The molecule has 0 bridgehead atoms. The normalized spacial score (nSPS) is 16.1. The maximum Gasteiger partial charge on any atom is 0.262 e. The van der Waals surface area contributed by atoms with Crippen LogP contribution < -0.4 is 14.8 Å². The summed E-state index contributed by atoms with van der Waals surface area (Å²) in [6, 6.07) is 17.1. The highest BCUT2D eigenvalue weighted by Crippen LogP contribution is 2.29. The first-order chi connectivity index (χ1) is 14.2. The summed E-state index contributed by atoms with van der Waals surface area (Å²) in [6.45, 7) is 1.55. The van der Waals surface area contributed by atoms with Gasteiger partial charge in [0.2, 0.25) is 0 Å². The predicted molar refractivity (Wildman–Crippen MR) is 109 cm³/mol. The van der Waals surface area contributed by atoms with Crippen molar-refractivity contribution in [3.63, 3.8) is 0 Å². The number of carbonyl (C=O) groups excluding carboxylic acids is 1. The number of nitrogens with one attached hydrogen (secondary N) is 1. The van der Waals surface area contributed by atoms with E-state index in [4.69, 9.17) is 14.2 Å². The van der Waals surface area contributed by atoms with Gasteiger partial charge in [-0.05, 0) is 42.2 Å². The molecular weight excluding hydrogens is 368 g/mol. The first-order valence-electron chi connectivity index (χ1n) is 9.56. The summed E-state index contributed by atoms with van der Waals surface area (Å²) in [5, 5.41) is 12.1. The Hall–Kier alpha value is -3.30. The summed E-state index contributed by atoms with van der Waals surface area (Å²) in [5.41, 5.74) is 1.76. The molecule has 0 saturated carbocycles. The van der Waals surface area contributed by atoms with Crippen LogP contribution >= 0.6 is 0 Å². The molecule has 0 radical (unpaired) electrons. The Labute approximate surface area is 170 Å². The maximum absolute atomic E-state index is 12.3. The molecule has 2 aromatic carbocycles. The third-order valence-electron chi connectivity index (χ3n) is 4.62. The van der Waals surface area contributed by atoms with Crippen molar-refractivity contribution in [2.24, 2.45) is 0 Å². The monoisotopic (exact) mass is 392 g/mol. The fourth-order valence-corrected chi connectivity index (χ4v) is 3.05. The van der Waals surface area contributed by atoms with E-state index < -0.39 is 5.91 Å². The van der Waals surface area contributed by atoms with Gasteiger partial charge in [0.1, 0.15) is 18.2 Å². The first kappa shape index (κ1) is 20.4. The molecule has 0 aliphatic carbocycles. The number of methoxy groups -OCH3 is 1. The van der Waals surface area contributed by atoms with Gasteiger partial charge < -0.3 is 19.5 Å². The highest BCUT2D eigenvalue weighted by molar-refractivity contribution is 6.01. The zero-order chi connectivity index (χ0) is 20.5. The molecule has 3 rings (SSSR count). The van der Waals surface area contributed by atoms with Gasteiger partial charge in [0.15, 0.2) is 11.5 Å². The van der Waals surface area contributed by atoms with Crippen molar-refractivity contribution >= 4 is 12.0 Å². The van der Waals surface area contributed by atoms with Crippen LogP contribution in [0.4, 0.5) is 0 Å². The number of hydrogen-bond donors (Lipinski definition) is 1. The van der Waals surface area contributed by atoms with Crippen molar-refractivity contribution in [1.82, 2.24) is 5.32 Å². The summed E-state index contributed by atoms with van der Waals surface area (Å²) >= 11 is 0. The minimum atomic E-state index is -0.411. The molecule has 1 saturated heterocycles. The van der Waals surface area contributed by atoms with Crippen molar-refractivity contribution in [3.05, 3.63) is 65.2 Å². The van der Waals surface area contributed by atoms with Crippen LogP contribution in [0.2, 0.25) is 0 Å². The van der Waals surface area contributed by atoms with E-state index in [9.17, 15) is 10.1 Å². The van der Waals surface area contributed by atoms with Crippen LogP contribution in [0.3, 0.4) is 0 Å². The SMILES string of the molecule is COc1cc(C=C(C#N)C(=O)NCC2CCCO2)ccc1OCc1ccccc1. The van der Waals surface area contributed by atoms with Crippen molar-refractivity contribution < 1.29 is 19.0 Å². The number of benzene rings is 2. The Morgan fingerprint density at radius 1 is 1.28 bits per heavy atom. The Kier molecular flexibility index (Phi) is 7.26. The molecular formula is C23H24N2O4. The predicted octanol–water partition coefficient (Wildman–Crippen LogP) is 3.48. The number of hydrogen-bond acceptors (Lipinski definition) is 5. The Balaban J connectivity index is 1.66. The van der Waals surface area contributed by atoms with Crippen LogP contribution in [0, 0.1) is 11.3 Å². The van der Waals surface area contributed by atoms with Gasteiger partial charge in [-0.1, -0.05) is 36.4 Å². The number of nitrogens with zero attached hydrogens (tertiary/aromatic N) is 1. The maximum atomic E-state index is 12.3. The minimum Gasteiger partial charge on any atom is -0.493 e. The smallest absolute Gasteiger partial charge is 0.262 e. The second-order valence-electron chi connectivity index (χ2n) is 6.70. The molecule has 1 unspecified atom stereocenters. The molecule has 1 heterocycles. The molecule has 6 nitrogen and oxygen atoms in total. The third kappa shape index (κ3) is 5.84. The van der Waals surface area contributed by atoms with Gasteiger partial charge in [-0.3, -0.25) is 4.79 Å². The average Bonchev–Trinajstić information content (AvgIpc) is 3.29. The van der Waals surface area contributed by atoms with E-state index in [1.54, 1.807) is 25.3 Å². The second-order valence-corrected chi connectivity index (χ2v) is 6.70. The van der Waals surface area contributed by atoms with E-state index in [0.29, 0.717) is 30.2 Å². The van der Waals surface area contributed by atoms with Gasteiger partial charge in [-0.2, -0.15) is 5.26 Å². The highest BCUT2D eigenvalue weighted by Gasteiger charge is 2.17. The average molecular weight is 392 g/mol. The minimum absolute atomic E-state index is 0.0278. The molecule has 6 heteroatoms. The lowest BCUT2D eigenvalue weighted by Gasteiger charge is -2.12. The Morgan fingerprint density at radius 3 is 2.79 bits per heavy atom. The number of carbonyl (C=O) groups is 1. The van der Waals surface area contributed by atoms with Crippen LogP contribution in [0.25, 0.3) is 6.08 Å². The number of ether oxygens (including phenoxy) is 3. The molecule has 1 aliphatic rings. The summed E-state index contributed by atoms with van der Waals surface area (Å²) in [6.07, 6.45) is 3.49. The van der Waals surface area contributed by atoms with Crippen LogP contribution in [0.5, 0.6) is 11.5 Å². The van der Waals surface area contributed by atoms with Crippen molar-refractivity contribution in [2.75, 3.05) is 20.3 Å². The molecule has 1 aliphatic heterocycles. The van der Waals surface area contributed by atoms with E-state index in [1.165, 1.54) is 6.08 Å². The summed E-state index contributed by atoms with van der Waals surface area (Å²) in [5.74, 6) is 0.716. The molecule has 1 amide bonds. The van der Waals surface area contributed by atoms with Crippen molar-refractivity contribution in [2.45, 2.75) is 25.6 Å². The zero-order valence-electron chi connectivity index (χ0n) is 16.4. The molecule has 29 heavy (non-hydrogen) atoms. The molecule has 150 valence electrons. The van der Waals surface area contributed by atoms with Gasteiger partial charge in [-0.15, -0.1) is 0 Å². The Morgan fingerprint density at radius 2 is 2.10 bits per heavy atom. The number of amides is 1. The van der Waals surface area contributed by atoms with Gasteiger partial charge in [0.25, 0.3) is 5.91 Å². The molecule has 1 atom stereocenters. The van der Waals surface area contributed by atoms with Crippen LogP contribution in [0.1, 0.15) is 24.0 Å². The first-order valence-corrected chi connectivity index (χ1v) is 9.56. The fraction of sp³-hybridized carbons (Fsp3) is 0.304. The zero-order valence-corrected chi connectivity index (χ0v) is 16.4. The summed E-state index contributed by atoms with van der Waals surface area (Å²) < 4.78 is 16.7. The number of rotatable bonds is 8. The Bertz CT molecular complexity index is 897. The standard InChI is InChI=1S/C23H24N2O4/c1-27-22-13-18(9-10-21(22)29-16-17-6-3-2-4-7-17)12-19(14-24)23(26)25-15-20-8-5-11-28-20/h2-4,6-7,9-10,12-13,20H,5,8,11,15-16H2,1H3,(H,25,26). The van der Waals surface area contributed by atoms with Crippen molar-refractivity contribution in [1.29, 1.82) is 5.26 Å². The second kappa shape index (κ2) is 10.3. The molecule has 1 fully saturated rings. The molecule has 1 N–H and O–H groups in total. The largest absolute Gasteiger partial charge is 0.493 e. The molecule has 0 aromatic heterocycles. The topological polar surface area (TPSA) is 80.6 Å². The molecule has 0 spiro atoms. The third-order valence-corrected chi connectivity index (χ3v) is 4.62. The lowest BCUT2D eigenvalue weighted by atomic mass is 10.1. The summed E-state index contributed by atoms with van der Waals surface area (Å²) in [7, 11) is 1.55. The van der Waals surface area contributed by atoms with Crippen LogP contribution in [-0.4, -0.2) is 32.3 Å². The van der Waals surface area contributed by atoms with E-state index in [1.807, 2.05) is 36.4 Å². The van der Waals surface area contributed by atoms with Gasteiger partial charge >= 0.3 is 0 Å². The van der Waals surface area contributed by atoms with Gasteiger partial charge in [0.05, 0.1) is 13.2 Å². The fourth-order valence-electron chi connectivity index (χ4n) is 3.05. The van der Waals surface area contributed by atoms with E-state index in [-0.39, 0.29) is 11.7 Å². The molecule has 2 aromatic rings. The lowest BCUT2D eigenvalue weighted by molar-refractivity contribution is -0.117. The van der Waals surface area contributed by atoms with Gasteiger partial charge in [-0.25, -0.2) is 0 Å². The van der Waals surface area contributed by atoms with Crippen LogP contribution in [-0.2, 0) is 16.1 Å². The lowest BCUT2D eigenvalue weighted by Crippen LogP contribution is -2.32. The van der Waals surface area contributed by atoms with E-state index >= 15 is 0 Å².